The summed E-state index contributed by atoms with van der Waals surface area (Å²) < 4.78 is 5.55. The van der Waals surface area contributed by atoms with Gasteiger partial charge in [0.05, 0.1) is 0 Å². The number of benzene rings is 1. The third-order valence-corrected chi connectivity index (χ3v) is 3.24. The van der Waals surface area contributed by atoms with Gasteiger partial charge in [0.1, 0.15) is 17.7 Å². The van der Waals surface area contributed by atoms with E-state index in [2.05, 4.69) is 20.5 Å². The molecule has 0 saturated carbocycles. The molecule has 0 fully saturated rings. The second-order valence-electron chi connectivity index (χ2n) is 4.94. The molecular weight excluding hydrogens is 268 g/mol. The van der Waals surface area contributed by atoms with Crippen LogP contribution < -0.4 is 5.32 Å². The number of carbonyl (C=O) groups is 1. The zero-order valence-corrected chi connectivity index (χ0v) is 11.7. The topological polar surface area (TPSA) is 83.8 Å². The summed E-state index contributed by atoms with van der Waals surface area (Å²) in [6.45, 7) is 2.57. The SMILES string of the molecule is Cc1ccc2oc(C(=O)NCCCc3ncn[nH]3)cc2c1. The average Bonchev–Trinajstić information content (AvgIpc) is 3.11. The average molecular weight is 284 g/mol. The van der Waals surface area contributed by atoms with Crippen molar-refractivity contribution in [3.8, 4) is 0 Å². The first-order valence-corrected chi connectivity index (χ1v) is 6.85. The van der Waals surface area contributed by atoms with Crippen LogP contribution in [0.4, 0.5) is 0 Å². The number of fused-ring (bicyclic) bond motifs is 1. The lowest BCUT2D eigenvalue weighted by Gasteiger charge is -2.01. The Hall–Kier alpha value is -2.63. The summed E-state index contributed by atoms with van der Waals surface area (Å²) in [5.74, 6) is 0.972. The number of rotatable bonds is 5. The van der Waals surface area contributed by atoms with Crippen LogP contribution in [0.5, 0.6) is 0 Å². The van der Waals surface area contributed by atoms with Crippen LogP contribution in [0.3, 0.4) is 0 Å². The van der Waals surface area contributed by atoms with Crippen LogP contribution in [0.2, 0.25) is 0 Å². The van der Waals surface area contributed by atoms with Crippen molar-refractivity contribution in [2.45, 2.75) is 19.8 Å². The van der Waals surface area contributed by atoms with Crippen molar-refractivity contribution in [1.29, 1.82) is 0 Å². The van der Waals surface area contributed by atoms with Crippen molar-refractivity contribution < 1.29 is 9.21 Å². The van der Waals surface area contributed by atoms with Gasteiger partial charge in [-0.2, -0.15) is 5.10 Å². The molecule has 0 bridgehead atoms. The number of amides is 1. The van der Waals surface area contributed by atoms with E-state index in [4.69, 9.17) is 4.42 Å². The maximum absolute atomic E-state index is 12.0. The molecule has 1 amide bonds. The van der Waals surface area contributed by atoms with Crippen molar-refractivity contribution in [2.75, 3.05) is 6.54 Å². The summed E-state index contributed by atoms with van der Waals surface area (Å²) in [6.07, 6.45) is 3.02. The van der Waals surface area contributed by atoms with E-state index in [1.54, 1.807) is 6.07 Å². The van der Waals surface area contributed by atoms with Gasteiger partial charge in [0.2, 0.25) is 0 Å². The molecule has 108 valence electrons. The Bertz CT molecular complexity index is 746. The number of hydrogen-bond acceptors (Lipinski definition) is 4. The Balaban J connectivity index is 1.56. The lowest BCUT2D eigenvalue weighted by atomic mass is 10.2. The molecule has 1 aromatic carbocycles. The van der Waals surface area contributed by atoms with Crippen molar-refractivity contribution in [3.63, 3.8) is 0 Å². The van der Waals surface area contributed by atoms with Gasteiger partial charge in [-0.3, -0.25) is 9.89 Å². The fourth-order valence-electron chi connectivity index (χ4n) is 2.17. The molecule has 2 aromatic heterocycles. The Morgan fingerprint density at radius 1 is 1.38 bits per heavy atom. The second kappa shape index (κ2) is 5.78. The third kappa shape index (κ3) is 3.10. The first-order valence-electron chi connectivity index (χ1n) is 6.85. The zero-order valence-electron chi connectivity index (χ0n) is 11.7. The molecule has 0 spiro atoms. The zero-order chi connectivity index (χ0) is 14.7. The van der Waals surface area contributed by atoms with Crippen LogP contribution in [-0.2, 0) is 6.42 Å². The number of furan rings is 1. The molecule has 0 unspecified atom stereocenters. The second-order valence-corrected chi connectivity index (χ2v) is 4.94. The van der Waals surface area contributed by atoms with Crippen molar-refractivity contribution in [2.24, 2.45) is 0 Å². The Kier molecular flexibility index (Phi) is 3.68. The van der Waals surface area contributed by atoms with E-state index < -0.39 is 0 Å². The van der Waals surface area contributed by atoms with Gasteiger partial charge in [0.25, 0.3) is 5.91 Å². The van der Waals surface area contributed by atoms with Gasteiger partial charge in [0.15, 0.2) is 5.76 Å². The minimum Gasteiger partial charge on any atom is -0.451 e. The number of nitrogens with one attached hydrogen (secondary N) is 2. The van der Waals surface area contributed by atoms with Crippen LogP contribution in [0, 0.1) is 6.92 Å². The minimum atomic E-state index is -0.193. The molecular formula is C15H16N4O2. The molecule has 2 heterocycles. The first kappa shape index (κ1) is 13.4. The van der Waals surface area contributed by atoms with Gasteiger partial charge < -0.3 is 9.73 Å². The molecule has 0 atom stereocenters. The van der Waals surface area contributed by atoms with Crippen LogP contribution in [0.15, 0.2) is 35.0 Å². The van der Waals surface area contributed by atoms with E-state index in [1.165, 1.54) is 6.33 Å². The fraction of sp³-hybridized carbons (Fsp3) is 0.267. The lowest BCUT2D eigenvalue weighted by molar-refractivity contribution is 0.0927. The van der Waals surface area contributed by atoms with E-state index in [1.807, 2.05) is 25.1 Å². The summed E-state index contributed by atoms with van der Waals surface area (Å²) in [7, 11) is 0. The van der Waals surface area contributed by atoms with E-state index in [9.17, 15) is 4.79 Å². The predicted molar refractivity (Wildman–Crippen MR) is 78.0 cm³/mol. The van der Waals surface area contributed by atoms with Gasteiger partial charge in [-0.05, 0) is 31.5 Å². The summed E-state index contributed by atoms with van der Waals surface area (Å²) in [5.41, 5.74) is 1.87. The number of nitrogens with zero attached hydrogens (tertiary/aromatic N) is 2. The minimum absolute atomic E-state index is 0.193. The summed E-state index contributed by atoms with van der Waals surface area (Å²) in [5, 5.41) is 10.4. The first-order chi connectivity index (χ1) is 10.2. The number of carbonyl (C=O) groups excluding carboxylic acids is 1. The Morgan fingerprint density at radius 2 is 2.29 bits per heavy atom. The van der Waals surface area contributed by atoms with E-state index >= 15 is 0 Å². The highest BCUT2D eigenvalue weighted by molar-refractivity contribution is 5.96. The molecule has 3 aromatic rings. The van der Waals surface area contributed by atoms with Gasteiger partial charge in [-0.25, -0.2) is 4.98 Å². The normalized spacial score (nSPS) is 10.9. The highest BCUT2D eigenvalue weighted by Gasteiger charge is 2.11. The number of aryl methyl sites for hydroxylation is 2. The van der Waals surface area contributed by atoms with Crippen LogP contribution >= 0.6 is 0 Å². The van der Waals surface area contributed by atoms with Crippen molar-refractivity contribution in [3.05, 3.63) is 47.7 Å². The molecule has 6 nitrogen and oxygen atoms in total. The highest BCUT2D eigenvalue weighted by atomic mass is 16.3. The number of aromatic nitrogens is 3. The quantitative estimate of drug-likeness (QED) is 0.704. The van der Waals surface area contributed by atoms with Crippen molar-refractivity contribution >= 4 is 16.9 Å². The van der Waals surface area contributed by atoms with Gasteiger partial charge >= 0.3 is 0 Å². The number of aromatic amines is 1. The van der Waals surface area contributed by atoms with Crippen LogP contribution in [0.1, 0.15) is 28.4 Å². The molecule has 3 rings (SSSR count). The summed E-state index contributed by atoms with van der Waals surface area (Å²) >= 11 is 0. The predicted octanol–water partition coefficient (Wildman–Crippen LogP) is 2.22. The van der Waals surface area contributed by atoms with Gasteiger partial charge in [-0.1, -0.05) is 11.6 Å². The largest absolute Gasteiger partial charge is 0.451 e. The van der Waals surface area contributed by atoms with Gasteiger partial charge in [0, 0.05) is 18.4 Å². The van der Waals surface area contributed by atoms with Crippen molar-refractivity contribution in [1.82, 2.24) is 20.5 Å². The third-order valence-electron chi connectivity index (χ3n) is 3.24. The van der Waals surface area contributed by atoms with E-state index in [0.29, 0.717) is 12.3 Å². The van der Waals surface area contributed by atoms with E-state index in [-0.39, 0.29) is 5.91 Å². The Labute approximate surface area is 121 Å². The number of hydrogen-bond donors (Lipinski definition) is 2. The van der Waals surface area contributed by atoms with Gasteiger partial charge in [-0.15, -0.1) is 0 Å². The monoisotopic (exact) mass is 284 g/mol. The summed E-state index contributed by atoms with van der Waals surface area (Å²) in [4.78, 5) is 16.1. The van der Waals surface area contributed by atoms with E-state index in [0.717, 1.165) is 35.2 Å². The number of H-pyrrole nitrogens is 1. The Morgan fingerprint density at radius 3 is 3.10 bits per heavy atom. The lowest BCUT2D eigenvalue weighted by Crippen LogP contribution is -2.24. The van der Waals surface area contributed by atoms with Crippen LogP contribution in [-0.4, -0.2) is 27.6 Å². The summed E-state index contributed by atoms with van der Waals surface area (Å²) in [6, 6.07) is 7.61. The standard InChI is InChI=1S/C15H16N4O2/c1-10-4-5-12-11(7-10)8-13(21-12)15(20)16-6-2-3-14-17-9-18-19-14/h4-5,7-9H,2-3,6H2,1H3,(H,16,20)(H,17,18,19). The fourth-order valence-corrected chi connectivity index (χ4v) is 2.17. The molecule has 0 aliphatic heterocycles. The molecule has 0 aliphatic rings. The molecule has 0 radical (unpaired) electrons. The highest BCUT2D eigenvalue weighted by Crippen LogP contribution is 2.20. The van der Waals surface area contributed by atoms with Crippen LogP contribution in [0.25, 0.3) is 11.0 Å². The molecule has 0 aliphatic carbocycles. The molecule has 0 saturated heterocycles. The molecule has 6 heteroatoms. The maximum Gasteiger partial charge on any atom is 0.287 e. The molecule has 21 heavy (non-hydrogen) atoms. The maximum atomic E-state index is 12.0. The molecule has 2 N–H and O–H groups in total. The smallest absolute Gasteiger partial charge is 0.287 e.